The number of nitrogens with zero attached hydrogens (tertiary/aromatic N) is 1. The first kappa shape index (κ1) is 16.7. The molecule has 1 rings (SSSR count). The Morgan fingerprint density at radius 1 is 1.35 bits per heavy atom. The van der Waals surface area contributed by atoms with E-state index in [9.17, 15) is 9.50 Å². The van der Waals surface area contributed by atoms with Crippen LogP contribution in [0.15, 0.2) is 17.1 Å². The number of nitrogens with two attached hydrogens (primary N) is 1. The molecule has 0 amide bonds. The van der Waals surface area contributed by atoms with E-state index in [2.05, 4.69) is 4.99 Å². The molecule has 0 aliphatic carbocycles. The van der Waals surface area contributed by atoms with Crippen molar-refractivity contribution in [3.05, 3.63) is 23.5 Å². The summed E-state index contributed by atoms with van der Waals surface area (Å²) in [6.07, 6.45) is 1.48. The van der Waals surface area contributed by atoms with Crippen LogP contribution < -0.4 is 11.2 Å². The van der Waals surface area contributed by atoms with E-state index < -0.39 is 17.0 Å². The van der Waals surface area contributed by atoms with Crippen LogP contribution in [0.3, 0.4) is 0 Å². The first-order chi connectivity index (χ1) is 9.08. The molecule has 0 unspecified atom stereocenters. The van der Waals surface area contributed by atoms with Crippen molar-refractivity contribution in [2.45, 2.75) is 38.9 Å². The Balaban J connectivity index is 2.95. The number of nitrogen functional groups attached to an aromatic ring is 1. The second kappa shape index (κ2) is 5.93. The lowest BCUT2D eigenvalue weighted by atomic mass is 9.82. The molecule has 0 heterocycles. The third-order valence-electron chi connectivity index (χ3n) is 3.42. The quantitative estimate of drug-likeness (QED) is 0.484. The molecular formula is C14H21BFN2O2. The van der Waals surface area contributed by atoms with Crippen molar-refractivity contribution in [2.24, 2.45) is 4.99 Å². The van der Waals surface area contributed by atoms with Crippen LogP contribution in [-0.4, -0.2) is 37.1 Å². The number of aliphatic imine (C=N–C) groups is 1. The van der Waals surface area contributed by atoms with E-state index in [1.165, 1.54) is 19.8 Å². The van der Waals surface area contributed by atoms with Gasteiger partial charge < -0.3 is 15.5 Å². The number of halogens is 1. The van der Waals surface area contributed by atoms with E-state index in [-0.39, 0.29) is 5.69 Å². The first-order valence-electron chi connectivity index (χ1n) is 6.33. The van der Waals surface area contributed by atoms with Crippen molar-refractivity contribution in [1.29, 1.82) is 0 Å². The second-order valence-electron chi connectivity index (χ2n) is 5.70. The Bertz CT molecular complexity index is 511. The molecule has 0 fully saturated rings. The third kappa shape index (κ3) is 3.80. The SMILES string of the molecule is CN=Cc1cc([B]OC(C)(C)C(C)(C)O)cc(F)c1N. The molecule has 6 heteroatoms. The van der Waals surface area contributed by atoms with Crippen LogP contribution in [0.5, 0.6) is 0 Å². The topological polar surface area (TPSA) is 67.8 Å². The highest BCUT2D eigenvalue weighted by Crippen LogP contribution is 2.24. The van der Waals surface area contributed by atoms with Gasteiger partial charge in [-0.05, 0) is 39.2 Å². The minimum absolute atomic E-state index is 0.0505. The van der Waals surface area contributed by atoms with Crippen LogP contribution in [0.25, 0.3) is 0 Å². The minimum atomic E-state index is -1.04. The van der Waals surface area contributed by atoms with Gasteiger partial charge in [-0.1, -0.05) is 6.07 Å². The molecule has 0 atom stereocenters. The Morgan fingerprint density at radius 2 is 1.95 bits per heavy atom. The highest BCUT2D eigenvalue weighted by Gasteiger charge is 2.35. The monoisotopic (exact) mass is 279 g/mol. The van der Waals surface area contributed by atoms with Crippen molar-refractivity contribution in [2.75, 3.05) is 12.8 Å². The van der Waals surface area contributed by atoms with Crippen LogP contribution in [0.2, 0.25) is 0 Å². The third-order valence-corrected chi connectivity index (χ3v) is 3.42. The lowest BCUT2D eigenvalue weighted by Gasteiger charge is -2.37. The van der Waals surface area contributed by atoms with E-state index in [1.807, 2.05) is 0 Å². The number of hydrogen-bond donors (Lipinski definition) is 2. The fraction of sp³-hybridized carbons (Fsp3) is 0.500. The zero-order chi connectivity index (χ0) is 15.6. The van der Waals surface area contributed by atoms with Crippen molar-refractivity contribution in [3.8, 4) is 0 Å². The fourth-order valence-corrected chi connectivity index (χ4v) is 1.33. The van der Waals surface area contributed by atoms with E-state index in [0.717, 1.165) is 0 Å². The van der Waals surface area contributed by atoms with E-state index in [1.54, 1.807) is 40.8 Å². The molecule has 1 aromatic carbocycles. The zero-order valence-corrected chi connectivity index (χ0v) is 12.6. The average molecular weight is 279 g/mol. The number of hydrogen-bond acceptors (Lipinski definition) is 4. The van der Waals surface area contributed by atoms with Crippen LogP contribution in [-0.2, 0) is 4.65 Å². The molecule has 3 N–H and O–H groups in total. The summed E-state index contributed by atoms with van der Waals surface area (Å²) in [5.74, 6) is -0.529. The number of aliphatic hydroxyl groups is 1. The zero-order valence-electron chi connectivity index (χ0n) is 12.6. The fourth-order valence-electron chi connectivity index (χ4n) is 1.33. The molecule has 109 valence electrons. The van der Waals surface area contributed by atoms with Gasteiger partial charge in [0.15, 0.2) is 0 Å². The van der Waals surface area contributed by atoms with Gasteiger partial charge >= 0.3 is 7.48 Å². The van der Waals surface area contributed by atoms with Gasteiger partial charge in [-0.15, -0.1) is 0 Å². The molecule has 4 nitrogen and oxygen atoms in total. The van der Waals surface area contributed by atoms with E-state index >= 15 is 0 Å². The number of anilines is 1. The molecule has 0 aliphatic heterocycles. The number of rotatable bonds is 5. The minimum Gasteiger partial charge on any atom is -0.427 e. The summed E-state index contributed by atoms with van der Waals surface area (Å²) < 4.78 is 19.3. The summed E-state index contributed by atoms with van der Waals surface area (Å²) in [7, 11) is 3.00. The first-order valence-corrected chi connectivity index (χ1v) is 6.33. The maximum Gasteiger partial charge on any atom is 0.331 e. The van der Waals surface area contributed by atoms with Crippen LogP contribution in [0.1, 0.15) is 33.3 Å². The highest BCUT2D eigenvalue weighted by atomic mass is 19.1. The molecule has 0 spiro atoms. The molecule has 1 radical (unpaired) electrons. The van der Waals surface area contributed by atoms with Gasteiger partial charge in [0.25, 0.3) is 0 Å². The Hall–Kier alpha value is -1.40. The summed E-state index contributed by atoms with van der Waals surface area (Å²) in [6, 6.07) is 2.95. The summed E-state index contributed by atoms with van der Waals surface area (Å²) in [5.41, 5.74) is 4.83. The normalized spacial score (nSPS) is 12.9. The lowest BCUT2D eigenvalue weighted by molar-refractivity contribution is -0.0893. The molecule has 0 saturated carbocycles. The summed E-state index contributed by atoms with van der Waals surface area (Å²) in [4.78, 5) is 3.83. The maximum atomic E-state index is 13.7. The predicted octanol–water partition coefficient (Wildman–Crippen LogP) is 1.27. The van der Waals surface area contributed by atoms with E-state index in [4.69, 9.17) is 10.4 Å². The van der Waals surface area contributed by atoms with Gasteiger partial charge in [0.1, 0.15) is 5.82 Å². The van der Waals surface area contributed by atoms with Crippen LogP contribution >= 0.6 is 0 Å². The van der Waals surface area contributed by atoms with Crippen LogP contribution in [0, 0.1) is 5.82 Å². The van der Waals surface area contributed by atoms with Gasteiger partial charge in [-0.2, -0.15) is 0 Å². The Morgan fingerprint density at radius 3 is 2.45 bits per heavy atom. The maximum absolute atomic E-state index is 13.7. The molecular weight excluding hydrogens is 258 g/mol. The van der Waals surface area contributed by atoms with Crippen LogP contribution in [0.4, 0.5) is 10.1 Å². The molecule has 0 aromatic heterocycles. The van der Waals surface area contributed by atoms with Crippen molar-refractivity contribution < 1.29 is 14.2 Å². The van der Waals surface area contributed by atoms with Gasteiger partial charge in [0, 0.05) is 18.8 Å². The molecule has 0 saturated heterocycles. The van der Waals surface area contributed by atoms with E-state index in [0.29, 0.717) is 11.0 Å². The number of benzene rings is 1. The summed E-state index contributed by atoms with van der Waals surface area (Å²) in [5, 5.41) is 10.0. The van der Waals surface area contributed by atoms with Crippen molar-refractivity contribution in [3.63, 3.8) is 0 Å². The average Bonchev–Trinajstić information content (AvgIpc) is 2.31. The Labute approximate surface area is 120 Å². The van der Waals surface area contributed by atoms with Gasteiger partial charge in [0.05, 0.1) is 16.9 Å². The molecule has 20 heavy (non-hydrogen) atoms. The molecule has 1 aromatic rings. The van der Waals surface area contributed by atoms with Crippen molar-refractivity contribution >= 4 is 24.8 Å². The van der Waals surface area contributed by atoms with Gasteiger partial charge in [-0.3, -0.25) is 4.99 Å². The molecule has 0 bridgehead atoms. The highest BCUT2D eigenvalue weighted by molar-refractivity contribution is 6.47. The smallest absolute Gasteiger partial charge is 0.331 e. The van der Waals surface area contributed by atoms with Crippen molar-refractivity contribution in [1.82, 2.24) is 0 Å². The molecule has 0 aliphatic rings. The second-order valence-corrected chi connectivity index (χ2v) is 5.70. The predicted molar refractivity (Wildman–Crippen MR) is 81.2 cm³/mol. The summed E-state index contributed by atoms with van der Waals surface area (Å²) in [6.45, 7) is 6.82. The van der Waals surface area contributed by atoms with Gasteiger partial charge in [0.2, 0.25) is 0 Å². The largest absolute Gasteiger partial charge is 0.427 e. The Kier molecular flexibility index (Phi) is 4.94. The lowest BCUT2D eigenvalue weighted by Crippen LogP contribution is -2.49. The van der Waals surface area contributed by atoms with Gasteiger partial charge in [-0.25, -0.2) is 4.39 Å². The standard InChI is InChI=1S/C14H21BFN2O2/c1-13(2,19)14(3,4)20-15-10-6-9(8-18-5)12(17)11(16)7-10/h6-8,19H,17H2,1-5H3. The summed E-state index contributed by atoms with van der Waals surface area (Å²) >= 11 is 0.